The van der Waals surface area contributed by atoms with Crippen LogP contribution in [0.25, 0.3) is 0 Å². The summed E-state index contributed by atoms with van der Waals surface area (Å²) in [5, 5.41) is 10.6. The van der Waals surface area contributed by atoms with Crippen LogP contribution in [0.4, 0.5) is 0 Å². The number of hydrogen-bond acceptors (Lipinski definition) is 6. The third-order valence-corrected chi connectivity index (χ3v) is 4.76. The minimum absolute atomic E-state index is 0.148. The van der Waals surface area contributed by atoms with Crippen LogP contribution in [-0.2, 0) is 9.59 Å². The van der Waals surface area contributed by atoms with Gasteiger partial charge < -0.3 is 24.4 Å². The van der Waals surface area contributed by atoms with Crippen molar-refractivity contribution in [1.82, 2.24) is 9.80 Å². The molecule has 0 bridgehead atoms. The molecule has 1 N–H and O–H groups in total. The fraction of sp³-hybridized carbons (Fsp3) is 0.545. The van der Waals surface area contributed by atoms with E-state index in [2.05, 4.69) is 0 Å². The molecule has 0 aromatic heterocycles. The summed E-state index contributed by atoms with van der Waals surface area (Å²) in [4.78, 5) is 29.2. The maximum atomic E-state index is 12.9. The molecular weight excluding hydrogens is 372 g/mol. The second-order valence-corrected chi connectivity index (χ2v) is 7.56. The lowest BCUT2D eigenvalue weighted by Gasteiger charge is -2.29. The number of carbonyl (C=O) groups is 2. The number of nitrogens with zero attached hydrogens (tertiary/aromatic N) is 2. The molecule has 1 amide bonds. The summed E-state index contributed by atoms with van der Waals surface area (Å²) in [6, 6.07) is 4.74. The lowest BCUT2D eigenvalue weighted by Crippen LogP contribution is -2.36. The molecule has 0 saturated heterocycles. The zero-order chi connectivity index (χ0) is 21.7. The van der Waals surface area contributed by atoms with E-state index in [0.29, 0.717) is 43.4 Å². The summed E-state index contributed by atoms with van der Waals surface area (Å²) in [7, 11) is 3.82. The van der Waals surface area contributed by atoms with E-state index in [0.717, 1.165) is 0 Å². The minimum Gasteiger partial charge on any atom is -0.503 e. The van der Waals surface area contributed by atoms with Crippen LogP contribution in [0.3, 0.4) is 0 Å². The number of likely N-dealkylation sites (N-methyl/N-ethyl adjacent to an activating group) is 1. The summed E-state index contributed by atoms with van der Waals surface area (Å²) in [5.41, 5.74) is 0.854. The molecule has 0 spiro atoms. The Bertz CT molecular complexity index is 785. The van der Waals surface area contributed by atoms with Crippen LogP contribution in [0.15, 0.2) is 29.5 Å². The molecule has 1 unspecified atom stereocenters. The van der Waals surface area contributed by atoms with Crippen molar-refractivity contribution in [3.05, 3.63) is 35.1 Å². The van der Waals surface area contributed by atoms with Crippen molar-refractivity contribution in [2.24, 2.45) is 5.92 Å². The smallest absolute Gasteiger partial charge is 0.290 e. The van der Waals surface area contributed by atoms with Gasteiger partial charge >= 0.3 is 0 Å². The Morgan fingerprint density at radius 1 is 1.17 bits per heavy atom. The van der Waals surface area contributed by atoms with E-state index in [-0.39, 0.29) is 17.3 Å². The van der Waals surface area contributed by atoms with Crippen molar-refractivity contribution in [2.45, 2.75) is 33.7 Å². The summed E-state index contributed by atoms with van der Waals surface area (Å²) in [6.45, 7) is 9.23. The van der Waals surface area contributed by atoms with Gasteiger partial charge in [-0.05, 0) is 45.6 Å². The van der Waals surface area contributed by atoms with E-state index in [1.165, 1.54) is 0 Å². The molecule has 29 heavy (non-hydrogen) atoms. The normalized spacial score (nSPS) is 16.9. The first kappa shape index (κ1) is 22.7. The first-order valence-electron chi connectivity index (χ1n) is 10.0. The minimum atomic E-state index is -0.660. The molecule has 0 radical (unpaired) electrons. The Morgan fingerprint density at radius 2 is 1.79 bits per heavy atom. The molecule has 1 aromatic carbocycles. The third-order valence-electron chi connectivity index (χ3n) is 4.76. The van der Waals surface area contributed by atoms with Crippen LogP contribution in [0.1, 0.15) is 39.3 Å². The van der Waals surface area contributed by atoms with E-state index < -0.39 is 17.7 Å². The number of ether oxygens (including phenoxy) is 2. The first-order valence-corrected chi connectivity index (χ1v) is 10.0. The Balaban J connectivity index is 2.56. The number of rotatable bonds is 10. The summed E-state index contributed by atoms with van der Waals surface area (Å²) >= 11 is 0. The lowest BCUT2D eigenvalue weighted by atomic mass is 9.91. The summed E-state index contributed by atoms with van der Waals surface area (Å²) in [6.07, 6.45) is 0. The number of benzene rings is 1. The molecule has 0 fully saturated rings. The van der Waals surface area contributed by atoms with E-state index >= 15 is 0 Å². The highest BCUT2D eigenvalue weighted by Gasteiger charge is 2.44. The van der Waals surface area contributed by atoms with Gasteiger partial charge in [-0.2, -0.15) is 0 Å². The fourth-order valence-corrected chi connectivity index (χ4v) is 3.34. The van der Waals surface area contributed by atoms with Gasteiger partial charge in [-0.15, -0.1) is 0 Å². The molecule has 7 heteroatoms. The topological polar surface area (TPSA) is 79.3 Å². The van der Waals surface area contributed by atoms with Gasteiger partial charge in [0.15, 0.2) is 23.0 Å². The van der Waals surface area contributed by atoms with Crippen molar-refractivity contribution in [3.63, 3.8) is 0 Å². The molecule has 0 saturated carbocycles. The van der Waals surface area contributed by atoms with Gasteiger partial charge in [-0.3, -0.25) is 9.59 Å². The maximum absolute atomic E-state index is 12.9. The van der Waals surface area contributed by atoms with Gasteiger partial charge in [-0.1, -0.05) is 19.9 Å². The van der Waals surface area contributed by atoms with Crippen molar-refractivity contribution in [3.8, 4) is 11.5 Å². The van der Waals surface area contributed by atoms with Gasteiger partial charge in [0.2, 0.25) is 0 Å². The van der Waals surface area contributed by atoms with Crippen molar-refractivity contribution in [2.75, 3.05) is 40.4 Å². The molecule has 0 aliphatic carbocycles. The average Bonchev–Trinajstić information content (AvgIpc) is 2.92. The number of ketones is 1. The number of aliphatic hydroxyl groups excluding tert-OH is 1. The van der Waals surface area contributed by atoms with Crippen LogP contribution in [0, 0.1) is 5.92 Å². The van der Waals surface area contributed by atoms with Crippen LogP contribution in [-0.4, -0.2) is 67.0 Å². The second kappa shape index (κ2) is 9.78. The van der Waals surface area contributed by atoms with Crippen LogP contribution < -0.4 is 9.47 Å². The highest BCUT2D eigenvalue weighted by Crippen LogP contribution is 2.41. The van der Waals surface area contributed by atoms with E-state index in [1.54, 1.807) is 30.9 Å². The predicted molar refractivity (Wildman–Crippen MR) is 111 cm³/mol. The van der Waals surface area contributed by atoms with Crippen molar-refractivity contribution < 1.29 is 24.2 Å². The Hall–Kier alpha value is -2.54. The van der Waals surface area contributed by atoms with Crippen LogP contribution in [0.2, 0.25) is 0 Å². The monoisotopic (exact) mass is 404 g/mol. The number of hydrogen-bond donors (Lipinski definition) is 1. The maximum Gasteiger partial charge on any atom is 0.290 e. The number of aliphatic hydroxyl groups is 1. The zero-order valence-electron chi connectivity index (χ0n) is 18.2. The van der Waals surface area contributed by atoms with Crippen molar-refractivity contribution in [1.29, 1.82) is 0 Å². The quantitative estimate of drug-likeness (QED) is 0.646. The zero-order valence-corrected chi connectivity index (χ0v) is 18.2. The molecule has 1 atom stereocenters. The fourth-order valence-electron chi connectivity index (χ4n) is 3.34. The Labute approximate surface area is 172 Å². The Kier molecular flexibility index (Phi) is 7.67. The molecule has 7 nitrogen and oxygen atoms in total. The summed E-state index contributed by atoms with van der Waals surface area (Å²) < 4.78 is 11.3. The molecule has 1 aromatic rings. The SMILES string of the molecule is CCOc1ccc(C2C(C(=O)C(C)C)=C(O)C(=O)N2CCN(C)C)cc1OCC. The molecule has 2 rings (SSSR count). The molecule has 1 heterocycles. The summed E-state index contributed by atoms with van der Waals surface area (Å²) in [5.74, 6) is -0.404. The van der Waals surface area contributed by atoms with Crippen LogP contribution in [0.5, 0.6) is 11.5 Å². The average molecular weight is 405 g/mol. The number of Topliss-reactive ketones (excluding diaryl/α,β-unsaturated/α-hetero) is 1. The molecule has 160 valence electrons. The number of amides is 1. The highest BCUT2D eigenvalue weighted by molar-refractivity contribution is 6.09. The van der Waals surface area contributed by atoms with Crippen molar-refractivity contribution >= 4 is 11.7 Å². The molecule has 1 aliphatic rings. The van der Waals surface area contributed by atoms with Gasteiger partial charge in [0.1, 0.15) is 0 Å². The standard InChI is InChI=1S/C22H32N2O5/c1-7-28-16-10-9-15(13-17(16)29-8-2)19-18(20(25)14(3)4)21(26)22(27)24(19)12-11-23(5)6/h9-10,13-14,19,26H,7-8,11-12H2,1-6H3. The number of carbonyl (C=O) groups excluding carboxylic acids is 2. The highest BCUT2D eigenvalue weighted by atomic mass is 16.5. The van der Waals surface area contributed by atoms with E-state index in [1.807, 2.05) is 38.9 Å². The van der Waals surface area contributed by atoms with E-state index in [9.17, 15) is 14.7 Å². The largest absolute Gasteiger partial charge is 0.503 e. The Morgan fingerprint density at radius 3 is 2.34 bits per heavy atom. The van der Waals surface area contributed by atoms with E-state index in [4.69, 9.17) is 9.47 Å². The van der Waals surface area contributed by atoms with Gasteiger partial charge in [0.25, 0.3) is 5.91 Å². The third kappa shape index (κ3) is 4.90. The van der Waals surface area contributed by atoms with Gasteiger partial charge in [-0.25, -0.2) is 0 Å². The van der Waals surface area contributed by atoms with Gasteiger partial charge in [0.05, 0.1) is 24.8 Å². The van der Waals surface area contributed by atoms with Gasteiger partial charge in [0, 0.05) is 19.0 Å². The lowest BCUT2D eigenvalue weighted by molar-refractivity contribution is -0.129. The van der Waals surface area contributed by atoms with Crippen LogP contribution >= 0.6 is 0 Å². The molecule has 1 aliphatic heterocycles. The molecular formula is C22H32N2O5. The second-order valence-electron chi connectivity index (χ2n) is 7.56. The first-order chi connectivity index (χ1) is 13.7. The predicted octanol–water partition coefficient (Wildman–Crippen LogP) is 2.97.